The molecule has 12 heteroatoms. The Balaban J connectivity index is 1.41. The summed E-state index contributed by atoms with van der Waals surface area (Å²) in [5.41, 5.74) is 4.81. The molecule has 4 atom stereocenters. The third-order valence-corrected chi connectivity index (χ3v) is 11.4. The van der Waals surface area contributed by atoms with Crippen LogP contribution in [0.1, 0.15) is 61.3 Å². The van der Waals surface area contributed by atoms with E-state index in [4.69, 9.17) is 23.7 Å². The van der Waals surface area contributed by atoms with E-state index in [0.29, 0.717) is 33.0 Å². The van der Waals surface area contributed by atoms with Crippen molar-refractivity contribution in [3.8, 4) is 5.75 Å². The van der Waals surface area contributed by atoms with Gasteiger partial charge in [-0.2, -0.15) is 4.31 Å². The topological polar surface area (TPSA) is 124 Å². The number of hydrogen-bond donors (Lipinski definition) is 1. The average Bonchev–Trinajstić information content (AvgIpc) is 3.11. The molecule has 0 aliphatic carbocycles. The summed E-state index contributed by atoms with van der Waals surface area (Å²) in [6.07, 6.45) is 0.313. The predicted molar refractivity (Wildman–Crippen MR) is 195 cm³/mol. The number of carbonyl (C=O) groups is 1. The van der Waals surface area contributed by atoms with Crippen molar-refractivity contribution in [2.45, 2.75) is 82.3 Å². The third kappa shape index (κ3) is 10.3. The lowest BCUT2D eigenvalue weighted by atomic mass is 9.83. The lowest BCUT2D eigenvalue weighted by molar-refractivity contribution is -0.138. The Morgan fingerprint density at radius 3 is 2.49 bits per heavy atom. The number of aryl methyl sites for hydroxylation is 1. The molecule has 0 amide bonds. The minimum atomic E-state index is -4.02. The van der Waals surface area contributed by atoms with Gasteiger partial charge in [-0.3, -0.25) is 4.79 Å². The molecule has 51 heavy (non-hydrogen) atoms. The van der Waals surface area contributed by atoms with Crippen LogP contribution in [0.4, 0.5) is 5.69 Å². The fraction of sp³-hybridized carbons (Fsp3) is 0.513. The summed E-state index contributed by atoms with van der Waals surface area (Å²) < 4.78 is 58.9. The van der Waals surface area contributed by atoms with Crippen LogP contribution < -0.4 is 9.64 Å². The zero-order chi connectivity index (χ0) is 36.4. The van der Waals surface area contributed by atoms with E-state index < -0.39 is 28.1 Å². The second kappa shape index (κ2) is 18.3. The van der Waals surface area contributed by atoms with Crippen LogP contribution >= 0.6 is 0 Å². The molecule has 0 unspecified atom stereocenters. The van der Waals surface area contributed by atoms with Gasteiger partial charge in [-0.15, -0.1) is 0 Å². The SMILES string of the molecule is CCO[C@H](C)COCc1ccc([C@H]2C[C@H](CC(=O)O)N(S(=O)(=O)c3ccc(C)cc3)C[C@@H]2OCc2ccc3c(c2)N(CCCOC)CCO3)cc1. The number of fused-ring (bicyclic) bond motifs is 1. The van der Waals surface area contributed by atoms with Crippen LogP contribution in [-0.4, -0.2) is 95.2 Å². The highest BCUT2D eigenvalue weighted by Crippen LogP contribution is 2.39. The highest BCUT2D eigenvalue weighted by atomic mass is 32.2. The molecule has 0 aromatic heterocycles. The Hall–Kier alpha value is -3.52. The fourth-order valence-corrected chi connectivity index (χ4v) is 8.49. The van der Waals surface area contributed by atoms with Crippen LogP contribution in [0.2, 0.25) is 0 Å². The van der Waals surface area contributed by atoms with Gasteiger partial charge >= 0.3 is 5.97 Å². The second-order valence-corrected chi connectivity index (χ2v) is 15.2. The number of ether oxygens (including phenoxy) is 5. The van der Waals surface area contributed by atoms with Crippen LogP contribution in [0, 0.1) is 6.92 Å². The molecule has 2 aliphatic rings. The summed E-state index contributed by atoms with van der Waals surface area (Å²) in [6, 6.07) is 19.9. The number of carboxylic acid groups (broad SMARTS) is 1. The molecule has 2 heterocycles. The summed E-state index contributed by atoms with van der Waals surface area (Å²) in [6.45, 7) is 10.5. The van der Waals surface area contributed by atoms with Gasteiger partial charge in [0.2, 0.25) is 10.0 Å². The molecule has 0 radical (unpaired) electrons. The number of anilines is 1. The Kier molecular flexibility index (Phi) is 13.9. The molecule has 0 bridgehead atoms. The van der Waals surface area contributed by atoms with Crippen LogP contribution in [0.15, 0.2) is 71.6 Å². The first kappa shape index (κ1) is 38.7. The number of carboxylic acids is 1. The first-order valence-electron chi connectivity index (χ1n) is 17.8. The molecule has 1 saturated heterocycles. The van der Waals surface area contributed by atoms with Crippen molar-refractivity contribution in [3.05, 3.63) is 89.0 Å². The van der Waals surface area contributed by atoms with E-state index >= 15 is 0 Å². The van der Waals surface area contributed by atoms with Crippen LogP contribution in [0.3, 0.4) is 0 Å². The van der Waals surface area contributed by atoms with E-state index in [2.05, 4.69) is 11.0 Å². The Labute approximate surface area is 302 Å². The third-order valence-electron chi connectivity index (χ3n) is 9.48. The summed E-state index contributed by atoms with van der Waals surface area (Å²) in [5.74, 6) is -0.484. The maximum atomic E-state index is 14.1. The van der Waals surface area contributed by atoms with E-state index in [-0.39, 0.29) is 42.9 Å². The molecule has 0 saturated carbocycles. The van der Waals surface area contributed by atoms with Crippen molar-refractivity contribution in [2.24, 2.45) is 0 Å². The van der Waals surface area contributed by atoms with E-state index in [1.165, 1.54) is 4.31 Å². The van der Waals surface area contributed by atoms with Crippen molar-refractivity contribution in [1.29, 1.82) is 0 Å². The number of sulfonamides is 1. The molecule has 278 valence electrons. The van der Waals surface area contributed by atoms with Gasteiger partial charge in [-0.25, -0.2) is 8.42 Å². The zero-order valence-electron chi connectivity index (χ0n) is 30.2. The Morgan fingerprint density at radius 1 is 1.04 bits per heavy atom. The molecular formula is C39H52N2O9S. The standard InChI is InChI=1S/C39H52N2O9S/c1-5-48-29(3)25-47-26-30-9-12-32(13-10-30)35-22-33(23-39(42)43)41(51(44,45)34-14-7-28(2)8-15-34)24-38(35)50-27-31-11-16-37-36(21-31)40(18-20-49-37)17-6-19-46-4/h7-16,21,29,33,35,38H,5-6,17-20,22-27H2,1-4H3,(H,42,43)/t29-,33-,35-,38+/m1/s1. The number of aliphatic carboxylic acids is 1. The van der Waals surface area contributed by atoms with Gasteiger partial charge in [0.25, 0.3) is 0 Å². The normalized spacial score (nSPS) is 20.1. The molecule has 3 aromatic carbocycles. The molecule has 5 rings (SSSR count). The van der Waals surface area contributed by atoms with Crippen molar-refractivity contribution in [3.63, 3.8) is 0 Å². The molecular weight excluding hydrogens is 673 g/mol. The summed E-state index contributed by atoms with van der Waals surface area (Å²) in [7, 11) is -2.32. The maximum absolute atomic E-state index is 14.1. The molecule has 2 aliphatic heterocycles. The number of rotatable bonds is 18. The first-order valence-corrected chi connectivity index (χ1v) is 19.2. The molecule has 0 spiro atoms. The number of piperidine rings is 1. The smallest absolute Gasteiger partial charge is 0.304 e. The molecule has 11 nitrogen and oxygen atoms in total. The van der Waals surface area contributed by atoms with Gasteiger partial charge in [0.15, 0.2) is 0 Å². The maximum Gasteiger partial charge on any atom is 0.304 e. The van der Waals surface area contributed by atoms with Crippen LogP contribution in [0.25, 0.3) is 0 Å². The number of hydrogen-bond acceptors (Lipinski definition) is 9. The zero-order valence-corrected chi connectivity index (χ0v) is 31.0. The number of benzene rings is 3. The lowest BCUT2D eigenvalue weighted by Crippen LogP contribution is -2.52. The number of nitrogens with zero attached hydrogens (tertiary/aromatic N) is 2. The van der Waals surface area contributed by atoms with Crippen molar-refractivity contribution in [2.75, 3.05) is 58.1 Å². The number of methoxy groups -OCH3 is 1. The average molecular weight is 725 g/mol. The first-order chi connectivity index (χ1) is 24.6. The summed E-state index contributed by atoms with van der Waals surface area (Å²) >= 11 is 0. The van der Waals surface area contributed by atoms with E-state index in [1.54, 1.807) is 31.4 Å². The monoisotopic (exact) mass is 724 g/mol. The Morgan fingerprint density at radius 2 is 1.78 bits per heavy atom. The van der Waals surface area contributed by atoms with Crippen molar-refractivity contribution < 1.29 is 42.0 Å². The highest BCUT2D eigenvalue weighted by molar-refractivity contribution is 7.89. The lowest BCUT2D eigenvalue weighted by Gasteiger charge is -2.43. The quantitative estimate of drug-likeness (QED) is 0.162. The molecule has 1 fully saturated rings. The second-order valence-electron chi connectivity index (χ2n) is 13.3. The van der Waals surface area contributed by atoms with E-state index in [9.17, 15) is 18.3 Å². The van der Waals surface area contributed by atoms with E-state index in [0.717, 1.165) is 53.2 Å². The van der Waals surface area contributed by atoms with Gasteiger partial charge in [0, 0.05) is 45.4 Å². The van der Waals surface area contributed by atoms with Crippen LogP contribution in [-0.2, 0) is 47.0 Å². The summed E-state index contributed by atoms with van der Waals surface area (Å²) in [4.78, 5) is 14.5. The van der Waals surface area contributed by atoms with Crippen molar-refractivity contribution >= 4 is 21.7 Å². The van der Waals surface area contributed by atoms with Crippen LogP contribution in [0.5, 0.6) is 5.75 Å². The minimum absolute atomic E-state index is 0.00101. The summed E-state index contributed by atoms with van der Waals surface area (Å²) in [5, 5.41) is 9.91. The van der Waals surface area contributed by atoms with Gasteiger partial charge in [0.1, 0.15) is 12.4 Å². The van der Waals surface area contributed by atoms with Gasteiger partial charge in [-0.1, -0.05) is 48.0 Å². The predicted octanol–water partition coefficient (Wildman–Crippen LogP) is 5.78. The minimum Gasteiger partial charge on any atom is -0.490 e. The molecule has 3 aromatic rings. The van der Waals surface area contributed by atoms with E-state index in [1.807, 2.05) is 57.2 Å². The largest absolute Gasteiger partial charge is 0.490 e. The Bertz CT molecular complexity index is 1670. The van der Waals surface area contributed by atoms with Gasteiger partial charge in [0.05, 0.1) is 55.6 Å². The highest BCUT2D eigenvalue weighted by Gasteiger charge is 2.43. The fourth-order valence-electron chi connectivity index (χ4n) is 6.84. The van der Waals surface area contributed by atoms with Gasteiger partial charge < -0.3 is 33.7 Å². The van der Waals surface area contributed by atoms with Crippen molar-refractivity contribution in [1.82, 2.24) is 4.31 Å². The van der Waals surface area contributed by atoms with Gasteiger partial charge in [-0.05, 0) is 74.6 Å². The molecule has 1 N–H and O–H groups in total.